The monoisotopic (exact) mass is 482 g/mol. The Labute approximate surface area is 173 Å². The minimum atomic E-state index is 0.0347. The fourth-order valence-corrected chi connectivity index (χ4v) is 5.22. The van der Waals surface area contributed by atoms with Crippen LogP contribution in [0.2, 0.25) is 0 Å². The second-order valence-electron chi connectivity index (χ2n) is 7.02. The molecule has 138 valence electrons. The van der Waals surface area contributed by atoms with Crippen LogP contribution < -0.4 is 5.32 Å². The van der Waals surface area contributed by atoms with Crippen molar-refractivity contribution in [3.63, 3.8) is 0 Å². The van der Waals surface area contributed by atoms with Gasteiger partial charge in [-0.15, -0.1) is 0 Å². The molecule has 7 heteroatoms. The van der Waals surface area contributed by atoms with Crippen molar-refractivity contribution < 1.29 is 4.74 Å². The molecule has 2 saturated heterocycles. The van der Waals surface area contributed by atoms with Crippen molar-refractivity contribution in [3.05, 3.63) is 50.6 Å². The zero-order valence-electron chi connectivity index (χ0n) is 15.0. The third-order valence-corrected chi connectivity index (χ3v) is 7.01. The van der Waals surface area contributed by atoms with Crippen LogP contribution in [0.4, 0.5) is 0 Å². The Morgan fingerprint density at radius 2 is 2.19 bits per heavy atom. The molecule has 5 nitrogen and oxygen atoms in total. The zero-order valence-corrected chi connectivity index (χ0v) is 17.9. The van der Waals surface area contributed by atoms with Crippen LogP contribution in [0, 0.1) is 17.4 Å². The average Bonchev–Trinajstić information content (AvgIpc) is 3.31. The fraction of sp³-hybridized carbons (Fsp3) is 0.474. The molecule has 0 saturated carbocycles. The van der Waals surface area contributed by atoms with Crippen molar-refractivity contribution in [2.45, 2.75) is 44.9 Å². The molecule has 26 heavy (non-hydrogen) atoms. The summed E-state index contributed by atoms with van der Waals surface area (Å²) in [5.74, 6) is 0. The summed E-state index contributed by atoms with van der Waals surface area (Å²) in [7, 11) is 0. The lowest BCUT2D eigenvalue weighted by molar-refractivity contribution is 0.0841. The van der Waals surface area contributed by atoms with Crippen LogP contribution in [0.15, 0.2) is 24.4 Å². The molecule has 0 aliphatic carbocycles. The first-order valence-electron chi connectivity index (χ1n) is 9.00. The summed E-state index contributed by atoms with van der Waals surface area (Å²) in [4.78, 5) is 10.4. The second-order valence-corrected chi connectivity index (χ2v) is 8.48. The van der Waals surface area contributed by atoms with E-state index in [0.717, 1.165) is 36.8 Å². The van der Waals surface area contributed by atoms with Gasteiger partial charge < -0.3 is 19.9 Å². The lowest BCUT2D eigenvalue weighted by Crippen LogP contribution is -2.36. The van der Waals surface area contributed by atoms with Crippen molar-refractivity contribution in [2.24, 2.45) is 0 Å². The highest BCUT2D eigenvalue weighted by Crippen LogP contribution is 2.42. The van der Waals surface area contributed by atoms with Crippen LogP contribution >= 0.6 is 34.8 Å². The Morgan fingerprint density at radius 1 is 1.35 bits per heavy atom. The molecule has 2 aliphatic rings. The van der Waals surface area contributed by atoms with Crippen molar-refractivity contribution in [1.29, 1.82) is 0 Å². The van der Waals surface area contributed by atoms with Gasteiger partial charge in [-0.3, -0.25) is 4.98 Å². The van der Waals surface area contributed by atoms with E-state index in [1.54, 1.807) is 0 Å². The molecular weight excluding hydrogens is 459 g/mol. The summed E-state index contributed by atoms with van der Waals surface area (Å²) in [6, 6.07) is 6.20. The molecular formula is C19H23IN4OS. The van der Waals surface area contributed by atoms with Gasteiger partial charge in [0.2, 0.25) is 0 Å². The molecule has 0 aromatic carbocycles. The summed E-state index contributed by atoms with van der Waals surface area (Å²) in [5.41, 5.74) is 4.72. The number of nitrogens with zero attached hydrogens (tertiary/aromatic N) is 2. The molecule has 4 rings (SSSR count). The molecule has 2 fully saturated rings. The standard InChI is InChI=1S/C19H23IN4OS/c1-11-15(16(20)12(2)22-11)18-17(14-7-3-4-8-21-14)23-19(26)24(18)10-13-6-5-9-25-13/h3-4,7-8,13,17-18,22H,5-6,9-10H2,1-2H3,(H,23,26)/t13-,17-,18+/m0/s1. The van der Waals surface area contributed by atoms with Crippen LogP contribution in [0.25, 0.3) is 0 Å². The Morgan fingerprint density at radius 3 is 2.81 bits per heavy atom. The predicted molar refractivity (Wildman–Crippen MR) is 114 cm³/mol. The number of halogens is 1. The number of thiocarbonyl (C=S) groups is 1. The van der Waals surface area contributed by atoms with Gasteiger partial charge >= 0.3 is 0 Å². The molecule has 2 aromatic rings. The Balaban J connectivity index is 1.76. The van der Waals surface area contributed by atoms with E-state index < -0.39 is 0 Å². The molecule has 0 radical (unpaired) electrons. The molecule has 3 atom stereocenters. The van der Waals surface area contributed by atoms with E-state index in [2.05, 4.69) is 62.7 Å². The highest BCUT2D eigenvalue weighted by atomic mass is 127. The normalized spacial score (nSPS) is 25.7. The van der Waals surface area contributed by atoms with Crippen LogP contribution in [-0.2, 0) is 4.74 Å². The summed E-state index contributed by atoms with van der Waals surface area (Å²) in [6.45, 7) is 5.94. The summed E-state index contributed by atoms with van der Waals surface area (Å²) in [6.07, 6.45) is 4.33. The van der Waals surface area contributed by atoms with Gasteiger partial charge in [-0.2, -0.15) is 0 Å². The van der Waals surface area contributed by atoms with Crippen molar-refractivity contribution >= 4 is 39.9 Å². The van der Waals surface area contributed by atoms with E-state index in [0.29, 0.717) is 0 Å². The molecule has 4 heterocycles. The Kier molecular flexibility index (Phi) is 5.20. The lowest BCUT2D eigenvalue weighted by atomic mass is 9.96. The zero-order chi connectivity index (χ0) is 18.3. The number of aromatic nitrogens is 2. The average molecular weight is 482 g/mol. The van der Waals surface area contributed by atoms with Gasteiger partial charge in [0.25, 0.3) is 0 Å². The molecule has 0 spiro atoms. The smallest absolute Gasteiger partial charge is 0.170 e. The van der Waals surface area contributed by atoms with Gasteiger partial charge in [-0.1, -0.05) is 6.07 Å². The lowest BCUT2D eigenvalue weighted by Gasteiger charge is -2.30. The predicted octanol–water partition coefficient (Wildman–Crippen LogP) is 3.78. The first-order chi connectivity index (χ1) is 12.6. The van der Waals surface area contributed by atoms with E-state index >= 15 is 0 Å². The molecule has 0 amide bonds. The SMILES string of the molecule is Cc1[nH]c(C)c([C@@H]2[C@H](c3ccccn3)NC(=S)N2C[C@@H]2CCCO2)c1I. The third-order valence-electron chi connectivity index (χ3n) is 5.26. The molecule has 0 bridgehead atoms. The van der Waals surface area contributed by atoms with Gasteiger partial charge in [-0.05, 0) is 73.6 Å². The number of aromatic amines is 1. The van der Waals surface area contributed by atoms with Crippen molar-refractivity contribution in [2.75, 3.05) is 13.2 Å². The van der Waals surface area contributed by atoms with Crippen molar-refractivity contribution in [1.82, 2.24) is 20.2 Å². The minimum Gasteiger partial charge on any atom is -0.376 e. The molecule has 0 unspecified atom stereocenters. The first-order valence-corrected chi connectivity index (χ1v) is 10.5. The highest BCUT2D eigenvalue weighted by molar-refractivity contribution is 14.1. The Bertz CT molecular complexity index is 803. The van der Waals surface area contributed by atoms with Crippen LogP contribution in [0.1, 0.15) is 47.6 Å². The van der Waals surface area contributed by atoms with E-state index in [1.807, 2.05) is 18.3 Å². The summed E-state index contributed by atoms with van der Waals surface area (Å²) >= 11 is 8.19. The van der Waals surface area contributed by atoms with Gasteiger partial charge in [-0.25, -0.2) is 0 Å². The van der Waals surface area contributed by atoms with E-state index in [9.17, 15) is 0 Å². The van der Waals surface area contributed by atoms with Gasteiger partial charge in [0.05, 0.1) is 23.9 Å². The second kappa shape index (κ2) is 7.44. The Hall–Kier alpha value is -1.19. The number of hydrogen-bond acceptors (Lipinski definition) is 3. The van der Waals surface area contributed by atoms with Crippen LogP contribution in [0.5, 0.6) is 0 Å². The number of ether oxygens (including phenoxy) is 1. The maximum Gasteiger partial charge on any atom is 0.170 e. The molecule has 2 aromatic heterocycles. The number of H-pyrrole nitrogens is 1. The van der Waals surface area contributed by atoms with Gasteiger partial charge in [0, 0.05) is 39.9 Å². The topological polar surface area (TPSA) is 53.2 Å². The van der Waals surface area contributed by atoms with Gasteiger partial charge in [0.15, 0.2) is 5.11 Å². The van der Waals surface area contributed by atoms with E-state index in [-0.39, 0.29) is 18.2 Å². The number of hydrogen-bond donors (Lipinski definition) is 2. The maximum atomic E-state index is 5.90. The molecule has 2 N–H and O–H groups in total. The number of rotatable bonds is 4. The third kappa shape index (κ3) is 3.25. The van der Waals surface area contributed by atoms with Crippen molar-refractivity contribution in [3.8, 4) is 0 Å². The number of aryl methyl sites for hydroxylation is 2. The van der Waals surface area contributed by atoms with Crippen LogP contribution in [-0.4, -0.2) is 39.2 Å². The van der Waals surface area contributed by atoms with Gasteiger partial charge in [0.1, 0.15) is 0 Å². The molecule has 2 aliphatic heterocycles. The largest absolute Gasteiger partial charge is 0.376 e. The summed E-state index contributed by atoms with van der Waals surface area (Å²) in [5, 5.41) is 4.32. The fourth-order valence-electron chi connectivity index (χ4n) is 4.05. The van der Waals surface area contributed by atoms with E-state index in [4.69, 9.17) is 17.0 Å². The maximum absolute atomic E-state index is 5.90. The van der Waals surface area contributed by atoms with E-state index in [1.165, 1.54) is 20.5 Å². The van der Waals surface area contributed by atoms with Crippen LogP contribution in [0.3, 0.4) is 0 Å². The summed E-state index contributed by atoms with van der Waals surface area (Å²) < 4.78 is 7.17. The quantitative estimate of drug-likeness (QED) is 0.513. The number of nitrogens with one attached hydrogen (secondary N) is 2. The highest BCUT2D eigenvalue weighted by Gasteiger charge is 2.43. The minimum absolute atomic E-state index is 0.0347. The number of pyridine rings is 1. The first kappa shape index (κ1) is 18.2.